The molecule has 1 rings (SSSR count). The highest BCUT2D eigenvalue weighted by atomic mass is 15.1. The fraction of sp³-hybridized carbons (Fsp3) is 0.529. The van der Waals surface area contributed by atoms with Gasteiger partial charge in [0.25, 0.3) is 0 Å². The summed E-state index contributed by atoms with van der Waals surface area (Å²) in [4.78, 5) is 2.55. The van der Waals surface area contributed by atoms with E-state index in [0.29, 0.717) is 5.92 Å². The second-order valence-electron chi connectivity index (χ2n) is 5.33. The van der Waals surface area contributed by atoms with Crippen LogP contribution in [0.2, 0.25) is 0 Å². The van der Waals surface area contributed by atoms with Gasteiger partial charge in [-0.05, 0) is 31.3 Å². The Balaban J connectivity index is 2.45. The van der Waals surface area contributed by atoms with Gasteiger partial charge in [0, 0.05) is 19.6 Å². The number of hydrogen-bond acceptors (Lipinski definition) is 1. The van der Waals surface area contributed by atoms with Crippen LogP contribution in [-0.4, -0.2) is 24.5 Å². The van der Waals surface area contributed by atoms with Crippen molar-refractivity contribution < 1.29 is 0 Å². The Morgan fingerprint density at radius 3 is 2.89 bits per heavy atom. The molecule has 1 heterocycles. The van der Waals surface area contributed by atoms with E-state index in [-0.39, 0.29) is 0 Å². The van der Waals surface area contributed by atoms with Gasteiger partial charge in [-0.1, -0.05) is 56.4 Å². The average molecular weight is 245 g/mol. The van der Waals surface area contributed by atoms with Crippen LogP contribution in [0.1, 0.15) is 33.6 Å². The first-order chi connectivity index (χ1) is 8.56. The van der Waals surface area contributed by atoms with Crippen molar-refractivity contribution in [3.05, 3.63) is 48.1 Å². The summed E-state index contributed by atoms with van der Waals surface area (Å²) in [6.45, 7) is 18.0. The third-order valence-corrected chi connectivity index (χ3v) is 3.60. The lowest BCUT2D eigenvalue weighted by Gasteiger charge is -2.30. The summed E-state index contributed by atoms with van der Waals surface area (Å²) in [6, 6.07) is 0. The number of nitrogens with zero attached hydrogens (tertiary/aromatic N) is 1. The van der Waals surface area contributed by atoms with Gasteiger partial charge in [-0.2, -0.15) is 0 Å². The van der Waals surface area contributed by atoms with Crippen LogP contribution >= 0.6 is 0 Å². The Hall–Kier alpha value is -1.08. The molecule has 0 aliphatic carbocycles. The molecule has 100 valence electrons. The molecule has 1 aliphatic rings. The van der Waals surface area contributed by atoms with E-state index in [9.17, 15) is 0 Å². The standard InChI is InChI=1S/C17H27N/c1-6-8-15(4)16(5)9-10-18-12-14(3)11-17(7-2)13-18/h6,8,11,14H,1,5,7,9-10,12-13H2,2-4H3/b15-8+. The summed E-state index contributed by atoms with van der Waals surface area (Å²) in [5.74, 6) is 0.687. The van der Waals surface area contributed by atoms with Gasteiger partial charge in [-0.3, -0.25) is 4.90 Å². The van der Waals surface area contributed by atoms with Crippen molar-refractivity contribution in [2.45, 2.75) is 33.6 Å². The molecule has 0 amide bonds. The first kappa shape index (κ1) is 15.0. The summed E-state index contributed by atoms with van der Waals surface area (Å²) >= 11 is 0. The molecule has 0 aromatic heterocycles. The second kappa shape index (κ2) is 7.38. The van der Waals surface area contributed by atoms with E-state index in [1.807, 2.05) is 12.2 Å². The SMILES string of the molecule is C=C/C=C(\C)C(=C)CCN1CC(CC)=CC(C)C1. The molecule has 0 aromatic rings. The molecule has 1 nitrogen and oxygen atoms in total. The van der Waals surface area contributed by atoms with Crippen LogP contribution in [0.4, 0.5) is 0 Å². The highest BCUT2D eigenvalue weighted by Crippen LogP contribution is 2.19. The fourth-order valence-corrected chi connectivity index (χ4v) is 2.45. The van der Waals surface area contributed by atoms with Gasteiger partial charge in [-0.15, -0.1) is 0 Å². The van der Waals surface area contributed by atoms with Gasteiger partial charge in [0.1, 0.15) is 0 Å². The molecule has 0 bridgehead atoms. The highest BCUT2D eigenvalue weighted by Gasteiger charge is 2.16. The normalized spacial score (nSPS) is 21.6. The maximum absolute atomic E-state index is 4.16. The third-order valence-electron chi connectivity index (χ3n) is 3.60. The van der Waals surface area contributed by atoms with E-state index in [4.69, 9.17) is 0 Å². The third kappa shape index (κ3) is 4.66. The molecule has 0 saturated heterocycles. The summed E-state index contributed by atoms with van der Waals surface area (Å²) in [5.41, 5.74) is 4.06. The summed E-state index contributed by atoms with van der Waals surface area (Å²) in [6.07, 6.45) is 8.55. The lowest BCUT2D eigenvalue weighted by molar-refractivity contribution is 0.259. The summed E-state index contributed by atoms with van der Waals surface area (Å²) in [7, 11) is 0. The van der Waals surface area contributed by atoms with Crippen molar-refractivity contribution in [3.63, 3.8) is 0 Å². The predicted molar refractivity (Wildman–Crippen MR) is 81.7 cm³/mol. The van der Waals surface area contributed by atoms with Crippen molar-refractivity contribution >= 4 is 0 Å². The molecular weight excluding hydrogens is 218 g/mol. The van der Waals surface area contributed by atoms with Crippen LogP contribution in [0.15, 0.2) is 48.1 Å². The van der Waals surface area contributed by atoms with Gasteiger partial charge >= 0.3 is 0 Å². The Morgan fingerprint density at radius 1 is 1.56 bits per heavy atom. The topological polar surface area (TPSA) is 3.24 Å². The minimum Gasteiger partial charge on any atom is -0.299 e. The molecule has 1 aliphatic heterocycles. The minimum atomic E-state index is 0.687. The molecule has 1 atom stereocenters. The number of hydrogen-bond donors (Lipinski definition) is 0. The zero-order chi connectivity index (χ0) is 13.5. The zero-order valence-corrected chi connectivity index (χ0v) is 12.2. The van der Waals surface area contributed by atoms with Crippen molar-refractivity contribution in [2.24, 2.45) is 5.92 Å². The maximum atomic E-state index is 4.16. The Bertz CT molecular complexity index is 360. The van der Waals surface area contributed by atoms with E-state index < -0.39 is 0 Å². The number of allylic oxidation sites excluding steroid dienone is 3. The van der Waals surface area contributed by atoms with Crippen LogP contribution < -0.4 is 0 Å². The first-order valence-electron chi connectivity index (χ1n) is 6.96. The molecule has 0 radical (unpaired) electrons. The van der Waals surface area contributed by atoms with E-state index >= 15 is 0 Å². The lowest BCUT2D eigenvalue weighted by atomic mass is 9.99. The van der Waals surface area contributed by atoms with Gasteiger partial charge in [-0.25, -0.2) is 0 Å². The van der Waals surface area contributed by atoms with Crippen molar-refractivity contribution in [3.8, 4) is 0 Å². The molecule has 0 saturated carbocycles. The largest absolute Gasteiger partial charge is 0.299 e. The van der Waals surface area contributed by atoms with E-state index in [1.165, 1.54) is 24.1 Å². The molecule has 0 aromatic carbocycles. The molecule has 1 unspecified atom stereocenters. The fourth-order valence-electron chi connectivity index (χ4n) is 2.45. The number of rotatable bonds is 6. The smallest absolute Gasteiger partial charge is 0.0193 e. The van der Waals surface area contributed by atoms with E-state index in [1.54, 1.807) is 5.57 Å². The quantitative estimate of drug-likeness (QED) is 0.496. The van der Waals surface area contributed by atoms with Gasteiger partial charge in [0.05, 0.1) is 0 Å². The van der Waals surface area contributed by atoms with Gasteiger partial charge < -0.3 is 0 Å². The van der Waals surface area contributed by atoms with Gasteiger partial charge in [0.15, 0.2) is 0 Å². The minimum absolute atomic E-state index is 0.687. The van der Waals surface area contributed by atoms with Crippen LogP contribution in [0.3, 0.4) is 0 Å². The van der Waals surface area contributed by atoms with Crippen LogP contribution in [0.25, 0.3) is 0 Å². The monoisotopic (exact) mass is 245 g/mol. The highest BCUT2D eigenvalue weighted by molar-refractivity contribution is 5.29. The molecule has 0 spiro atoms. The van der Waals surface area contributed by atoms with Gasteiger partial charge in [0.2, 0.25) is 0 Å². The zero-order valence-electron chi connectivity index (χ0n) is 12.2. The average Bonchev–Trinajstić information content (AvgIpc) is 2.35. The Kier molecular flexibility index (Phi) is 6.14. The Morgan fingerprint density at radius 2 is 2.28 bits per heavy atom. The van der Waals surface area contributed by atoms with Crippen molar-refractivity contribution in [1.29, 1.82) is 0 Å². The Labute approximate surface area is 113 Å². The van der Waals surface area contributed by atoms with E-state index in [2.05, 4.69) is 44.9 Å². The van der Waals surface area contributed by atoms with Crippen LogP contribution in [0, 0.1) is 5.92 Å². The van der Waals surface area contributed by atoms with Crippen LogP contribution in [0.5, 0.6) is 0 Å². The maximum Gasteiger partial charge on any atom is 0.0193 e. The predicted octanol–water partition coefficient (Wildman–Crippen LogP) is 4.35. The second-order valence-corrected chi connectivity index (χ2v) is 5.33. The first-order valence-corrected chi connectivity index (χ1v) is 6.96. The summed E-state index contributed by atoms with van der Waals surface area (Å²) in [5, 5.41) is 0. The molecule has 0 N–H and O–H groups in total. The van der Waals surface area contributed by atoms with Crippen molar-refractivity contribution in [2.75, 3.05) is 19.6 Å². The van der Waals surface area contributed by atoms with Crippen LogP contribution in [-0.2, 0) is 0 Å². The lowest BCUT2D eigenvalue weighted by Crippen LogP contribution is -2.34. The van der Waals surface area contributed by atoms with E-state index in [0.717, 1.165) is 19.5 Å². The molecular formula is C17H27N. The summed E-state index contributed by atoms with van der Waals surface area (Å²) < 4.78 is 0. The molecule has 0 fully saturated rings. The molecule has 18 heavy (non-hydrogen) atoms. The van der Waals surface area contributed by atoms with Crippen molar-refractivity contribution in [1.82, 2.24) is 4.90 Å². The molecule has 1 heteroatoms.